The fourth-order valence-electron chi connectivity index (χ4n) is 6.59. The number of rotatable bonds is 6. The van der Waals surface area contributed by atoms with Crippen LogP contribution in [-0.4, -0.2) is 80.4 Å². The van der Waals surface area contributed by atoms with Gasteiger partial charge in [0, 0.05) is 44.2 Å². The van der Waals surface area contributed by atoms with Crippen molar-refractivity contribution < 1.29 is 9.90 Å². The zero-order valence-electron chi connectivity index (χ0n) is 23.2. The molecular formula is C30H34N8O3. The Balaban J connectivity index is 1.03. The van der Waals surface area contributed by atoms with Gasteiger partial charge in [-0.25, -0.2) is 14.3 Å². The van der Waals surface area contributed by atoms with Crippen molar-refractivity contribution in [3.8, 4) is 0 Å². The summed E-state index contributed by atoms with van der Waals surface area (Å²) < 4.78 is 1.75. The van der Waals surface area contributed by atoms with Crippen LogP contribution >= 0.6 is 0 Å². The SMILES string of the molecule is Cc1cc(N2CC[C@@](C)(c3ccccc3)C2)cn2nc(C(O)CN3CC4(CN(c5cccc(=O)[nH]5)C4)NC3=O)nc12. The minimum atomic E-state index is -1.02. The Morgan fingerprint density at radius 1 is 1.02 bits per heavy atom. The first kappa shape index (κ1) is 25.6. The molecule has 4 aromatic rings. The van der Waals surface area contributed by atoms with Gasteiger partial charge in [-0.05, 0) is 36.6 Å². The third-order valence-electron chi connectivity index (χ3n) is 8.85. The van der Waals surface area contributed by atoms with E-state index in [0.29, 0.717) is 31.1 Å². The number of hydrogen-bond acceptors (Lipinski definition) is 7. The number of H-pyrrole nitrogens is 1. The number of aromatic nitrogens is 4. The number of aliphatic hydroxyl groups excluding tert-OH is 1. The van der Waals surface area contributed by atoms with Crippen LogP contribution in [0.2, 0.25) is 0 Å². The van der Waals surface area contributed by atoms with Gasteiger partial charge in [0.05, 0.1) is 24.0 Å². The summed E-state index contributed by atoms with van der Waals surface area (Å²) in [4.78, 5) is 37.9. The monoisotopic (exact) mass is 554 g/mol. The van der Waals surface area contributed by atoms with Crippen molar-refractivity contribution in [3.05, 3.63) is 88.1 Å². The van der Waals surface area contributed by atoms with Crippen LogP contribution in [0.4, 0.5) is 16.3 Å². The summed E-state index contributed by atoms with van der Waals surface area (Å²) in [7, 11) is 0. The first-order valence-corrected chi connectivity index (χ1v) is 14.1. The van der Waals surface area contributed by atoms with Crippen LogP contribution in [0.15, 0.2) is 65.6 Å². The molecule has 3 saturated heterocycles. The molecule has 6 heterocycles. The molecule has 7 rings (SSSR count). The molecule has 0 saturated carbocycles. The zero-order valence-corrected chi connectivity index (χ0v) is 23.2. The molecule has 1 unspecified atom stereocenters. The van der Waals surface area contributed by atoms with Crippen LogP contribution in [0.5, 0.6) is 0 Å². The minimum absolute atomic E-state index is 0.0807. The lowest BCUT2D eigenvalue weighted by molar-refractivity contribution is 0.120. The highest BCUT2D eigenvalue weighted by Gasteiger charge is 2.51. The highest BCUT2D eigenvalue weighted by atomic mass is 16.3. The number of β-amino-alcohol motifs (C(OH)–C–C–N with tert-alkyl or cyclic N) is 1. The van der Waals surface area contributed by atoms with E-state index in [1.807, 2.05) is 24.1 Å². The molecule has 0 bridgehead atoms. The van der Waals surface area contributed by atoms with E-state index in [1.165, 1.54) is 11.6 Å². The van der Waals surface area contributed by atoms with Gasteiger partial charge < -0.3 is 30.1 Å². The molecule has 3 fully saturated rings. The van der Waals surface area contributed by atoms with Gasteiger partial charge in [0.15, 0.2) is 11.5 Å². The maximum atomic E-state index is 12.8. The largest absolute Gasteiger partial charge is 0.383 e. The summed E-state index contributed by atoms with van der Waals surface area (Å²) >= 11 is 0. The number of nitrogens with one attached hydrogen (secondary N) is 2. The van der Waals surface area contributed by atoms with Crippen LogP contribution < -0.4 is 20.7 Å². The molecule has 41 heavy (non-hydrogen) atoms. The number of urea groups is 1. The summed E-state index contributed by atoms with van der Waals surface area (Å²) in [5, 5.41) is 18.8. The highest BCUT2D eigenvalue weighted by molar-refractivity contribution is 5.79. The lowest BCUT2D eigenvalue weighted by atomic mass is 9.82. The number of hydrogen-bond donors (Lipinski definition) is 3. The quantitative estimate of drug-likeness (QED) is 0.334. The number of aliphatic hydroxyl groups is 1. The number of fused-ring (bicyclic) bond motifs is 1. The minimum Gasteiger partial charge on any atom is -0.383 e. The van der Waals surface area contributed by atoms with Gasteiger partial charge in [-0.3, -0.25) is 4.79 Å². The van der Waals surface area contributed by atoms with Crippen molar-refractivity contribution in [2.24, 2.45) is 0 Å². The first-order valence-electron chi connectivity index (χ1n) is 14.1. The number of carbonyl (C=O) groups excluding carboxylic acids is 1. The number of amides is 2. The molecule has 3 N–H and O–H groups in total. The van der Waals surface area contributed by atoms with Crippen molar-refractivity contribution in [1.29, 1.82) is 0 Å². The molecular weight excluding hydrogens is 520 g/mol. The molecule has 1 spiro atoms. The Labute approximate surface area is 237 Å². The second-order valence-corrected chi connectivity index (χ2v) is 12.1. The molecule has 3 aliphatic heterocycles. The molecule has 2 amide bonds. The van der Waals surface area contributed by atoms with Crippen molar-refractivity contribution in [3.63, 3.8) is 0 Å². The molecule has 3 aromatic heterocycles. The van der Waals surface area contributed by atoms with Crippen molar-refractivity contribution in [1.82, 2.24) is 29.8 Å². The Kier molecular flexibility index (Phi) is 5.82. The van der Waals surface area contributed by atoms with E-state index in [0.717, 1.165) is 36.6 Å². The number of nitrogens with zero attached hydrogens (tertiary/aromatic N) is 6. The molecule has 1 aromatic carbocycles. The average Bonchev–Trinajstić information content (AvgIpc) is 3.65. The van der Waals surface area contributed by atoms with Gasteiger partial charge >= 0.3 is 6.03 Å². The maximum Gasteiger partial charge on any atom is 0.318 e. The number of pyridine rings is 2. The van der Waals surface area contributed by atoms with Crippen molar-refractivity contribution in [2.45, 2.75) is 37.3 Å². The van der Waals surface area contributed by atoms with Gasteiger partial charge in [-0.2, -0.15) is 0 Å². The van der Waals surface area contributed by atoms with E-state index in [2.05, 4.69) is 68.6 Å². The first-order chi connectivity index (χ1) is 19.7. The van der Waals surface area contributed by atoms with Crippen LogP contribution in [0.1, 0.15) is 36.4 Å². The third kappa shape index (κ3) is 4.50. The molecule has 2 atom stereocenters. The Morgan fingerprint density at radius 2 is 1.83 bits per heavy atom. The molecule has 11 heteroatoms. The van der Waals surface area contributed by atoms with Crippen molar-refractivity contribution >= 4 is 23.2 Å². The van der Waals surface area contributed by atoms with Gasteiger partial charge in [0.25, 0.3) is 0 Å². The van der Waals surface area contributed by atoms with Gasteiger partial charge in [-0.1, -0.05) is 43.3 Å². The fraction of sp³-hybridized carbons (Fsp3) is 0.400. The number of anilines is 2. The lowest BCUT2D eigenvalue weighted by Gasteiger charge is -2.48. The summed E-state index contributed by atoms with van der Waals surface area (Å²) in [5.41, 5.74) is 3.62. The van der Waals surface area contributed by atoms with E-state index >= 15 is 0 Å². The summed E-state index contributed by atoms with van der Waals surface area (Å²) in [6, 6.07) is 17.6. The smallest absolute Gasteiger partial charge is 0.318 e. The van der Waals surface area contributed by atoms with E-state index in [9.17, 15) is 14.7 Å². The van der Waals surface area contributed by atoms with Gasteiger partial charge in [0.1, 0.15) is 11.9 Å². The predicted octanol–water partition coefficient (Wildman–Crippen LogP) is 2.21. The number of benzene rings is 1. The Hall–Kier alpha value is -4.38. The number of aromatic amines is 1. The van der Waals surface area contributed by atoms with Gasteiger partial charge in [-0.15, -0.1) is 5.10 Å². The Morgan fingerprint density at radius 3 is 2.61 bits per heavy atom. The lowest BCUT2D eigenvalue weighted by Crippen LogP contribution is -2.69. The van der Waals surface area contributed by atoms with E-state index in [4.69, 9.17) is 0 Å². The third-order valence-corrected chi connectivity index (χ3v) is 8.85. The maximum absolute atomic E-state index is 12.8. The predicted molar refractivity (Wildman–Crippen MR) is 155 cm³/mol. The molecule has 0 radical (unpaired) electrons. The summed E-state index contributed by atoms with van der Waals surface area (Å²) in [6.07, 6.45) is 2.03. The normalized spacial score (nSPS) is 22.4. The summed E-state index contributed by atoms with van der Waals surface area (Å²) in [6.45, 7) is 7.91. The van der Waals surface area contributed by atoms with E-state index < -0.39 is 11.6 Å². The second-order valence-electron chi connectivity index (χ2n) is 12.1. The standard InChI is InChI=1S/C30H34N8O3/c1-20-13-22(35-12-11-29(2,16-35)21-7-4-3-5-8-21)14-38-27(20)32-26(34-38)23(39)15-36-17-30(33-28(36)41)18-37(19-30)24-9-6-10-25(40)31-24/h3-10,13-14,23,39H,11-12,15-19H2,1-2H3,(H,31,40)(H,33,41)/t23?,29-/m1/s1. The zero-order chi connectivity index (χ0) is 28.4. The topological polar surface area (TPSA) is 122 Å². The van der Waals surface area contributed by atoms with Gasteiger partial charge in [0.2, 0.25) is 5.56 Å². The number of aryl methyl sites for hydroxylation is 1. The van der Waals surface area contributed by atoms with Crippen LogP contribution in [0, 0.1) is 6.92 Å². The summed E-state index contributed by atoms with van der Waals surface area (Å²) in [5.74, 6) is 1.03. The molecule has 3 aliphatic rings. The highest BCUT2D eigenvalue weighted by Crippen LogP contribution is 2.37. The van der Waals surface area contributed by atoms with Crippen LogP contribution in [0.3, 0.4) is 0 Å². The number of carbonyl (C=O) groups is 1. The average molecular weight is 555 g/mol. The molecule has 11 nitrogen and oxygen atoms in total. The van der Waals surface area contributed by atoms with Crippen molar-refractivity contribution in [2.75, 3.05) is 49.1 Å². The van der Waals surface area contributed by atoms with E-state index in [-0.39, 0.29) is 23.6 Å². The van der Waals surface area contributed by atoms with Crippen LogP contribution in [-0.2, 0) is 5.41 Å². The van der Waals surface area contributed by atoms with E-state index in [1.54, 1.807) is 15.5 Å². The fourth-order valence-corrected chi connectivity index (χ4v) is 6.59. The second kappa shape index (κ2) is 9.34. The van der Waals surface area contributed by atoms with Crippen LogP contribution in [0.25, 0.3) is 5.65 Å². The molecule has 212 valence electrons. The molecule has 0 aliphatic carbocycles. The Bertz CT molecular complexity index is 1680.